The molecule has 18 heavy (non-hydrogen) atoms. The molecule has 0 aliphatic carbocycles. The first-order valence-electron chi connectivity index (χ1n) is 6.59. The highest BCUT2D eigenvalue weighted by atomic mass is 35.5. The summed E-state index contributed by atoms with van der Waals surface area (Å²) in [5.41, 5.74) is 0.700. The Morgan fingerprint density at radius 1 is 1.50 bits per heavy atom. The van der Waals surface area contributed by atoms with E-state index in [2.05, 4.69) is 17.1 Å². The van der Waals surface area contributed by atoms with Crippen molar-refractivity contribution in [3.8, 4) is 0 Å². The molecule has 1 heterocycles. The second-order valence-electron chi connectivity index (χ2n) is 4.81. The molecule has 1 fully saturated rings. The van der Waals surface area contributed by atoms with Crippen LogP contribution in [0.4, 0.5) is 4.39 Å². The van der Waals surface area contributed by atoms with E-state index in [0.717, 1.165) is 19.6 Å². The molecule has 1 aliphatic rings. The maximum Gasteiger partial charge on any atom is 0.127 e. The molecule has 0 saturated carbocycles. The number of nitrogens with zero attached hydrogens (tertiary/aromatic N) is 1. The molecule has 4 heteroatoms. The average molecular weight is 271 g/mol. The molecule has 0 radical (unpaired) electrons. The van der Waals surface area contributed by atoms with Crippen molar-refractivity contribution in [2.24, 2.45) is 0 Å². The summed E-state index contributed by atoms with van der Waals surface area (Å²) in [6, 6.07) is 5.30. The van der Waals surface area contributed by atoms with E-state index in [0.29, 0.717) is 23.2 Å². The minimum Gasteiger partial charge on any atom is -0.315 e. The Hall–Kier alpha value is -0.640. The van der Waals surface area contributed by atoms with Crippen molar-refractivity contribution in [1.82, 2.24) is 10.2 Å². The van der Waals surface area contributed by atoms with Gasteiger partial charge >= 0.3 is 0 Å². The fourth-order valence-electron chi connectivity index (χ4n) is 2.53. The number of nitrogens with one attached hydrogen (secondary N) is 1. The zero-order valence-corrected chi connectivity index (χ0v) is 11.5. The molecule has 2 rings (SSSR count). The van der Waals surface area contributed by atoms with Gasteiger partial charge in [0.05, 0.1) is 0 Å². The van der Waals surface area contributed by atoms with Gasteiger partial charge in [-0.05, 0) is 44.1 Å². The van der Waals surface area contributed by atoms with Crippen LogP contribution in [0.5, 0.6) is 0 Å². The van der Waals surface area contributed by atoms with Crippen LogP contribution < -0.4 is 5.32 Å². The van der Waals surface area contributed by atoms with E-state index in [4.69, 9.17) is 11.6 Å². The van der Waals surface area contributed by atoms with Crippen LogP contribution >= 0.6 is 11.6 Å². The van der Waals surface area contributed by atoms with Gasteiger partial charge in [0.2, 0.25) is 0 Å². The fraction of sp³-hybridized carbons (Fsp3) is 0.571. The van der Waals surface area contributed by atoms with E-state index in [9.17, 15) is 4.39 Å². The van der Waals surface area contributed by atoms with Crippen molar-refractivity contribution in [2.45, 2.75) is 32.4 Å². The minimum absolute atomic E-state index is 0.159. The van der Waals surface area contributed by atoms with Crippen LogP contribution in [0.1, 0.15) is 25.3 Å². The summed E-state index contributed by atoms with van der Waals surface area (Å²) in [4.78, 5) is 2.34. The van der Waals surface area contributed by atoms with Gasteiger partial charge in [-0.1, -0.05) is 18.5 Å². The third kappa shape index (κ3) is 3.44. The SMILES string of the molecule is CCNCC1CCCN1Cc1cc(Cl)ccc1F. The monoisotopic (exact) mass is 270 g/mol. The Morgan fingerprint density at radius 3 is 3.11 bits per heavy atom. The number of hydrogen-bond acceptors (Lipinski definition) is 2. The van der Waals surface area contributed by atoms with Gasteiger partial charge in [-0.3, -0.25) is 4.90 Å². The summed E-state index contributed by atoms with van der Waals surface area (Å²) in [6.45, 7) is 5.77. The molecule has 1 N–H and O–H groups in total. The standard InChI is InChI=1S/C14H20ClFN2/c1-2-17-9-13-4-3-7-18(13)10-11-8-12(15)5-6-14(11)16/h5-6,8,13,17H,2-4,7,9-10H2,1H3. The zero-order chi connectivity index (χ0) is 13.0. The number of likely N-dealkylation sites (N-methyl/N-ethyl adjacent to an activating group) is 1. The Bertz CT molecular complexity index is 397. The van der Waals surface area contributed by atoms with E-state index in [1.54, 1.807) is 12.1 Å². The summed E-state index contributed by atoms with van der Waals surface area (Å²) >= 11 is 5.92. The average Bonchev–Trinajstić information content (AvgIpc) is 2.79. The summed E-state index contributed by atoms with van der Waals surface area (Å²) in [5.74, 6) is -0.159. The van der Waals surface area contributed by atoms with Gasteiger partial charge in [-0.15, -0.1) is 0 Å². The van der Waals surface area contributed by atoms with Gasteiger partial charge in [0.1, 0.15) is 5.82 Å². The molecule has 1 aromatic rings. The number of benzene rings is 1. The molecule has 100 valence electrons. The minimum atomic E-state index is -0.159. The topological polar surface area (TPSA) is 15.3 Å². The predicted molar refractivity (Wildman–Crippen MR) is 73.4 cm³/mol. The summed E-state index contributed by atoms with van der Waals surface area (Å²) in [5, 5.41) is 3.98. The number of hydrogen-bond donors (Lipinski definition) is 1. The third-order valence-corrected chi connectivity index (χ3v) is 3.75. The molecule has 0 aromatic heterocycles. The second kappa shape index (κ2) is 6.50. The first-order chi connectivity index (χ1) is 8.70. The van der Waals surface area contributed by atoms with E-state index in [-0.39, 0.29) is 5.82 Å². The molecule has 1 aliphatic heterocycles. The number of halogens is 2. The van der Waals surface area contributed by atoms with Gasteiger partial charge in [-0.2, -0.15) is 0 Å². The highest BCUT2D eigenvalue weighted by molar-refractivity contribution is 6.30. The molecule has 0 spiro atoms. The van der Waals surface area contributed by atoms with E-state index >= 15 is 0 Å². The predicted octanol–water partition coefficient (Wildman–Crippen LogP) is 3.05. The first-order valence-corrected chi connectivity index (χ1v) is 6.97. The molecule has 0 bridgehead atoms. The number of rotatable bonds is 5. The van der Waals surface area contributed by atoms with Crippen LogP contribution in [-0.4, -0.2) is 30.6 Å². The molecule has 2 nitrogen and oxygen atoms in total. The molecule has 1 unspecified atom stereocenters. The van der Waals surface area contributed by atoms with Crippen LogP contribution in [0.25, 0.3) is 0 Å². The molecular weight excluding hydrogens is 251 g/mol. The lowest BCUT2D eigenvalue weighted by Gasteiger charge is -2.25. The van der Waals surface area contributed by atoms with Crippen molar-refractivity contribution in [3.63, 3.8) is 0 Å². The van der Waals surface area contributed by atoms with Crippen LogP contribution in [0.2, 0.25) is 5.02 Å². The van der Waals surface area contributed by atoms with Crippen molar-refractivity contribution in [1.29, 1.82) is 0 Å². The molecule has 1 atom stereocenters. The van der Waals surface area contributed by atoms with Crippen molar-refractivity contribution >= 4 is 11.6 Å². The van der Waals surface area contributed by atoms with Gasteiger partial charge < -0.3 is 5.32 Å². The highest BCUT2D eigenvalue weighted by Crippen LogP contribution is 2.22. The second-order valence-corrected chi connectivity index (χ2v) is 5.25. The molecule has 1 aromatic carbocycles. The van der Waals surface area contributed by atoms with Crippen molar-refractivity contribution < 1.29 is 4.39 Å². The lowest BCUT2D eigenvalue weighted by atomic mass is 10.1. The van der Waals surface area contributed by atoms with E-state index in [1.807, 2.05) is 0 Å². The largest absolute Gasteiger partial charge is 0.315 e. The Morgan fingerprint density at radius 2 is 2.33 bits per heavy atom. The quantitative estimate of drug-likeness (QED) is 0.885. The summed E-state index contributed by atoms with van der Waals surface area (Å²) < 4.78 is 13.7. The Balaban J connectivity index is 2.01. The van der Waals surface area contributed by atoms with Gasteiger partial charge in [0.15, 0.2) is 0 Å². The van der Waals surface area contributed by atoms with Crippen molar-refractivity contribution in [2.75, 3.05) is 19.6 Å². The molecular formula is C14H20ClFN2. The van der Waals surface area contributed by atoms with E-state index < -0.39 is 0 Å². The third-order valence-electron chi connectivity index (χ3n) is 3.51. The first kappa shape index (κ1) is 13.8. The van der Waals surface area contributed by atoms with E-state index in [1.165, 1.54) is 18.9 Å². The van der Waals surface area contributed by atoms with Crippen LogP contribution in [0, 0.1) is 5.82 Å². The fourth-order valence-corrected chi connectivity index (χ4v) is 2.72. The Labute approximate surface area is 113 Å². The van der Waals surface area contributed by atoms with Gasteiger partial charge in [0.25, 0.3) is 0 Å². The highest BCUT2D eigenvalue weighted by Gasteiger charge is 2.24. The molecule has 1 saturated heterocycles. The summed E-state index contributed by atoms with van der Waals surface area (Å²) in [7, 11) is 0. The van der Waals surface area contributed by atoms with Gasteiger partial charge in [-0.25, -0.2) is 4.39 Å². The van der Waals surface area contributed by atoms with Crippen LogP contribution in [-0.2, 0) is 6.54 Å². The lowest BCUT2D eigenvalue weighted by molar-refractivity contribution is 0.237. The van der Waals surface area contributed by atoms with Gasteiger partial charge in [0, 0.05) is 29.7 Å². The van der Waals surface area contributed by atoms with Crippen LogP contribution in [0.15, 0.2) is 18.2 Å². The smallest absolute Gasteiger partial charge is 0.127 e. The maximum atomic E-state index is 13.7. The summed E-state index contributed by atoms with van der Waals surface area (Å²) in [6.07, 6.45) is 2.38. The molecule has 0 amide bonds. The zero-order valence-electron chi connectivity index (χ0n) is 10.8. The van der Waals surface area contributed by atoms with Crippen LogP contribution in [0.3, 0.4) is 0 Å². The lowest BCUT2D eigenvalue weighted by Crippen LogP contribution is -2.37. The number of likely N-dealkylation sites (tertiary alicyclic amines) is 1. The maximum absolute atomic E-state index is 13.7. The normalized spacial score (nSPS) is 20.5. The van der Waals surface area contributed by atoms with Crippen molar-refractivity contribution in [3.05, 3.63) is 34.6 Å². The Kier molecular flexibility index (Phi) is 4.98.